The molecule has 3 aromatic rings. The van der Waals surface area contributed by atoms with E-state index in [0.717, 1.165) is 12.1 Å². The molecule has 0 aliphatic carbocycles. The van der Waals surface area contributed by atoms with Crippen molar-refractivity contribution in [2.24, 2.45) is 0 Å². The zero-order valence-corrected chi connectivity index (χ0v) is 17.7. The summed E-state index contributed by atoms with van der Waals surface area (Å²) in [4.78, 5) is 26.8. The number of nitrogens with zero attached hydrogens (tertiary/aromatic N) is 5. The van der Waals surface area contributed by atoms with E-state index < -0.39 is 11.7 Å². The van der Waals surface area contributed by atoms with Crippen LogP contribution >= 0.6 is 0 Å². The molecule has 1 unspecified atom stereocenters. The van der Waals surface area contributed by atoms with E-state index in [1.165, 1.54) is 18.5 Å². The summed E-state index contributed by atoms with van der Waals surface area (Å²) < 4.78 is 39.9. The van der Waals surface area contributed by atoms with Crippen LogP contribution in [0.3, 0.4) is 0 Å². The highest BCUT2D eigenvalue weighted by Gasteiger charge is 2.36. The molecule has 3 heterocycles. The summed E-state index contributed by atoms with van der Waals surface area (Å²) >= 11 is 0. The van der Waals surface area contributed by atoms with E-state index in [-0.39, 0.29) is 17.4 Å². The lowest BCUT2D eigenvalue weighted by Crippen LogP contribution is -2.44. The molecule has 13 heteroatoms. The van der Waals surface area contributed by atoms with Crippen LogP contribution in [0.5, 0.6) is 0 Å². The molecule has 1 aliphatic rings. The molecule has 0 radical (unpaired) electrons. The number of benzene rings is 1. The number of amides is 2. The summed E-state index contributed by atoms with van der Waals surface area (Å²) in [7, 11) is 3.86. The second-order valence-corrected chi connectivity index (χ2v) is 8.26. The van der Waals surface area contributed by atoms with E-state index in [9.17, 15) is 18.0 Å². The molecule has 0 saturated carbocycles. The van der Waals surface area contributed by atoms with Crippen LogP contribution in [0.1, 0.15) is 24.2 Å². The molecule has 1 aromatic carbocycles. The molecule has 32 heavy (non-hydrogen) atoms. The number of hydrogen-bond acceptors (Lipinski definition) is 5. The lowest BCUT2D eigenvalue weighted by atomic mass is 9.63. The number of rotatable bonds is 5. The molecular weight excluding hydrogens is 421 g/mol. The Morgan fingerprint density at radius 2 is 1.91 bits per heavy atom. The topological polar surface area (TPSA) is 88.0 Å². The van der Waals surface area contributed by atoms with Gasteiger partial charge in [0.1, 0.15) is 21.5 Å². The van der Waals surface area contributed by atoms with Crippen molar-refractivity contribution in [3.05, 3.63) is 60.3 Å². The van der Waals surface area contributed by atoms with Crippen molar-refractivity contribution >= 4 is 33.5 Å². The average Bonchev–Trinajstić information content (AvgIpc) is 3.32. The number of urea groups is 1. The number of alkyl halides is 3. The van der Waals surface area contributed by atoms with Crippen LogP contribution in [0.2, 0.25) is 0 Å². The highest BCUT2D eigenvalue weighted by atomic mass is 19.4. The fourth-order valence-electron chi connectivity index (χ4n) is 3.41. The minimum Gasteiger partial charge on any atom is -0.346 e. The lowest BCUT2D eigenvalue weighted by Gasteiger charge is -2.18. The molecule has 2 amide bonds. The van der Waals surface area contributed by atoms with Crippen molar-refractivity contribution in [1.82, 2.24) is 24.8 Å². The third kappa shape index (κ3) is 4.56. The molecular formula is C19H20B2F3N7O. The van der Waals surface area contributed by atoms with Gasteiger partial charge in [-0.05, 0) is 42.6 Å². The molecule has 0 spiro atoms. The smallest absolute Gasteiger partial charge is 0.346 e. The minimum atomic E-state index is -4.38. The lowest BCUT2D eigenvalue weighted by molar-refractivity contribution is -0.137. The largest absolute Gasteiger partial charge is 0.416 e. The van der Waals surface area contributed by atoms with Gasteiger partial charge in [0.05, 0.1) is 23.6 Å². The molecule has 1 saturated heterocycles. The average molecular weight is 441 g/mol. The second-order valence-electron chi connectivity index (χ2n) is 8.26. The second kappa shape index (κ2) is 7.88. The van der Waals surface area contributed by atoms with Gasteiger partial charge in [-0.25, -0.2) is 14.8 Å². The Bertz CT molecular complexity index is 1130. The Morgan fingerprint density at radius 1 is 1.19 bits per heavy atom. The van der Waals surface area contributed by atoms with Crippen molar-refractivity contribution in [1.29, 1.82) is 0 Å². The zero-order valence-electron chi connectivity index (χ0n) is 17.7. The number of carbonyl (C=O) groups is 1. The van der Waals surface area contributed by atoms with Crippen molar-refractivity contribution in [3.63, 3.8) is 0 Å². The van der Waals surface area contributed by atoms with Crippen molar-refractivity contribution in [2.45, 2.75) is 24.5 Å². The summed E-state index contributed by atoms with van der Waals surface area (Å²) in [6, 6.07) is 6.00. The summed E-state index contributed by atoms with van der Waals surface area (Å²) in [5, 5.41) is 5.68. The molecule has 4 rings (SSSR count). The zero-order chi connectivity index (χ0) is 23.1. The number of halogens is 3. The molecule has 0 bridgehead atoms. The van der Waals surface area contributed by atoms with Gasteiger partial charge < -0.3 is 15.2 Å². The van der Waals surface area contributed by atoms with E-state index in [4.69, 9.17) is 0 Å². The van der Waals surface area contributed by atoms with Crippen LogP contribution in [-0.2, 0) is 6.18 Å². The van der Waals surface area contributed by atoms with Gasteiger partial charge in [0.25, 0.3) is 0 Å². The molecule has 1 atom stereocenters. The summed E-state index contributed by atoms with van der Waals surface area (Å²) in [5.41, 5.74) is 0.507. The number of anilines is 2. The van der Waals surface area contributed by atoms with Crippen LogP contribution in [0.4, 0.5) is 29.7 Å². The molecule has 2 aromatic heterocycles. The van der Waals surface area contributed by atoms with E-state index in [2.05, 4.69) is 25.6 Å². The first kappa shape index (κ1) is 21.7. The highest BCUT2D eigenvalue weighted by molar-refractivity contribution is 6.42. The number of hydrogen-bond donors (Lipinski definition) is 2. The van der Waals surface area contributed by atoms with Gasteiger partial charge in [-0.15, -0.1) is 0 Å². The Balaban J connectivity index is 1.47. The van der Waals surface area contributed by atoms with Crippen molar-refractivity contribution in [3.8, 4) is 5.69 Å². The van der Waals surface area contributed by atoms with Crippen LogP contribution in [0.25, 0.3) is 5.69 Å². The number of carbonyl (C=O) groups excluding carboxylic acids is 1. The summed E-state index contributed by atoms with van der Waals surface area (Å²) in [5.74, 6) is 0.810. The third-order valence-electron chi connectivity index (χ3n) is 5.05. The molecule has 8 nitrogen and oxygen atoms in total. The quantitative estimate of drug-likeness (QED) is 0.584. The van der Waals surface area contributed by atoms with Crippen LogP contribution in [0.15, 0.2) is 49.1 Å². The third-order valence-corrected chi connectivity index (χ3v) is 5.05. The fourth-order valence-corrected chi connectivity index (χ4v) is 3.41. The van der Waals surface area contributed by atoms with Gasteiger partial charge >= 0.3 is 12.2 Å². The van der Waals surface area contributed by atoms with Gasteiger partial charge in [0, 0.05) is 24.6 Å². The van der Waals surface area contributed by atoms with Gasteiger partial charge in [-0.1, -0.05) is 0 Å². The van der Waals surface area contributed by atoms with Gasteiger partial charge in [0.15, 0.2) is 0 Å². The normalized spacial score (nSPS) is 16.6. The van der Waals surface area contributed by atoms with Crippen molar-refractivity contribution < 1.29 is 18.0 Å². The molecule has 1 aliphatic heterocycles. The van der Waals surface area contributed by atoms with E-state index >= 15 is 0 Å². The standard InChI is InChI=1S/C19H20B2F3N7O/c1-11(14-8-30(10-26-14)13-4-2-12(3-5-13)19(22,23)24)27-16-25-7-6-15(28-16)31-9-18(20,21)29-17(31)32/h2-8,10-11H,9,20-21H2,1H3,(H,29,32)(H,25,27,28). The predicted octanol–water partition coefficient (Wildman–Crippen LogP) is 1.30. The van der Waals surface area contributed by atoms with Crippen LogP contribution < -0.4 is 15.5 Å². The van der Waals surface area contributed by atoms with Crippen molar-refractivity contribution in [2.75, 3.05) is 16.8 Å². The first-order valence-corrected chi connectivity index (χ1v) is 9.93. The summed E-state index contributed by atoms with van der Waals surface area (Å²) in [6.45, 7) is 2.34. The number of imidazole rings is 1. The Labute approximate surface area is 184 Å². The molecule has 164 valence electrons. The van der Waals surface area contributed by atoms with E-state index in [1.807, 2.05) is 22.6 Å². The van der Waals surface area contributed by atoms with E-state index in [1.54, 1.807) is 27.9 Å². The SMILES string of the molecule is BC1(B)CN(c2ccnc(NC(C)c3cn(-c4ccc(C(F)(F)F)cc4)cn3)n2)C(=O)N1. The maximum atomic E-state index is 12.8. The predicted molar refractivity (Wildman–Crippen MR) is 118 cm³/mol. The monoisotopic (exact) mass is 441 g/mol. The first-order valence-electron chi connectivity index (χ1n) is 9.93. The molecule has 1 fully saturated rings. The highest BCUT2D eigenvalue weighted by Crippen LogP contribution is 2.30. The van der Waals surface area contributed by atoms with Gasteiger partial charge in [0.2, 0.25) is 5.95 Å². The first-order chi connectivity index (χ1) is 15.0. The van der Waals surface area contributed by atoms with Crippen LogP contribution in [0, 0.1) is 0 Å². The Kier molecular flexibility index (Phi) is 5.35. The Morgan fingerprint density at radius 3 is 2.53 bits per heavy atom. The van der Waals surface area contributed by atoms with Crippen LogP contribution in [-0.4, -0.2) is 53.1 Å². The van der Waals surface area contributed by atoms with E-state index in [0.29, 0.717) is 29.7 Å². The summed E-state index contributed by atoms with van der Waals surface area (Å²) in [6.07, 6.45) is 0.443. The maximum Gasteiger partial charge on any atom is 0.416 e. The fraction of sp³-hybridized carbons (Fsp3) is 0.263. The minimum absolute atomic E-state index is 0.219. The number of aromatic nitrogens is 4. The van der Waals surface area contributed by atoms with Gasteiger partial charge in [-0.2, -0.15) is 18.2 Å². The maximum absolute atomic E-state index is 12.8. The Hall–Kier alpha value is -3.50. The number of nitrogens with one attached hydrogen (secondary N) is 2. The molecule has 2 N–H and O–H groups in total. The van der Waals surface area contributed by atoms with Gasteiger partial charge in [-0.3, -0.25) is 4.90 Å².